The average Bonchev–Trinajstić information content (AvgIpc) is 2.52. The molecule has 0 spiro atoms. The molecule has 1 atom stereocenters. The van der Waals surface area contributed by atoms with Gasteiger partial charge in [-0.05, 0) is 40.2 Å². The van der Waals surface area contributed by atoms with Crippen LogP contribution in [0.2, 0.25) is 0 Å². The van der Waals surface area contributed by atoms with Crippen molar-refractivity contribution >= 4 is 18.0 Å². The summed E-state index contributed by atoms with van der Waals surface area (Å²) in [5.41, 5.74) is -0.0652. The van der Waals surface area contributed by atoms with E-state index in [2.05, 4.69) is 17.2 Å². The maximum absolute atomic E-state index is 12.6. The zero-order chi connectivity index (χ0) is 20.6. The van der Waals surface area contributed by atoms with Gasteiger partial charge in [0.15, 0.2) is 0 Å². The Morgan fingerprint density at radius 3 is 2.22 bits per heavy atom. The third-order valence-corrected chi connectivity index (χ3v) is 3.15. The van der Waals surface area contributed by atoms with Crippen LogP contribution in [-0.4, -0.2) is 35.7 Å². The van der Waals surface area contributed by atoms with E-state index in [4.69, 9.17) is 9.47 Å². The van der Waals surface area contributed by atoms with Crippen LogP contribution in [-0.2, 0) is 25.5 Å². The quantitative estimate of drug-likeness (QED) is 0.564. The van der Waals surface area contributed by atoms with Crippen molar-refractivity contribution in [2.24, 2.45) is 0 Å². The number of alkyl carbamates (subject to hydrolysis) is 1. The Morgan fingerprint density at radius 1 is 1.11 bits per heavy atom. The number of benzene rings is 1. The minimum atomic E-state index is -0.953. The van der Waals surface area contributed by atoms with Crippen LogP contribution < -0.4 is 10.6 Å². The Labute approximate surface area is 160 Å². The summed E-state index contributed by atoms with van der Waals surface area (Å²) >= 11 is 0. The molecule has 1 rings (SSSR count). The van der Waals surface area contributed by atoms with Crippen molar-refractivity contribution in [2.45, 2.75) is 58.8 Å². The largest absolute Gasteiger partial charge is 0.458 e. The summed E-state index contributed by atoms with van der Waals surface area (Å²) in [5, 5.41) is 4.94. The molecule has 2 amide bonds. The highest BCUT2D eigenvalue weighted by Crippen LogP contribution is 2.09. The van der Waals surface area contributed by atoms with E-state index < -0.39 is 29.6 Å². The fourth-order valence-electron chi connectivity index (χ4n) is 2.08. The van der Waals surface area contributed by atoms with Crippen molar-refractivity contribution in [3.8, 4) is 0 Å². The van der Waals surface area contributed by atoms with Gasteiger partial charge in [-0.25, -0.2) is 9.59 Å². The van der Waals surface area contributed by atoms with E-state index >= 15 is 0 Å². The third kappa shape index (κ3) is 8.89. The number of rotatable bonds is 7. The lowest BCUT2D eigenvalue weighted by Gasteiger charge is -2.23. The van der Waals surface area contributed by atoms with Crippen molar-refractivity contribution < 1.29 is 23.9 Å². The van der Waals surface area contributed by atoms with Gasteiger partial charge in [-0.15, -0.1) is 0 Å². The average molecular weight is 376 g/mol. The first-order valence-corrected chi connectivity index (χ1v) is 8.72. The molecule has 7 heteroatoms. The van der Waals surface area contributed by atoms with E-state index in [9.17, 15) is 14.4 Å². The van der Waals surface area contributed by atoms with E-state index in [-0.39, 0.29) is 18.2 Å². The Balaban J connectivity index is 2.85. The maximum Gasteiger partial charge on any atom is 0.408 e. The van der Waals surface area contributed by atoms with Crippen LogP contribution in [0.4, 0.5) is 4.79 Å². The minimum absolute atomic E-state index is 0.197. The Hall–Kier alpha value is -2.83. The molecule has 0 aromatic heterocycles. The molecule has 0 fully saturated rings. The summed E-state index contributed by atoms with van der Waals surface area (Å²) in [5.74, 6) is -1.32. The first kappa shape index (κ1) is 22.2. The standard InChI is InChI=1S/C20H28N2O5/c1-13(2)26-18(24)14(3)21-17(23)16(12-15-10-8-7-9-11-15)22-19(25)27-20(4,5)6/h7-11,13,16H,3,12H2,1-2,4-6H3,(H,21,23)(H,22,25)/t16-/m0/s1. The summed E-state index contributed by atoms with van der Waals surface area (Å²) < 4.78 is 10.2. The molecular formula is C20H28N2O5. The number of esters is 1. The van der Waals surface area contributed by atoms with Gasteiger partial charge in [0.1, 0.15) is 17.3 Å². The van der Waals surface area contributed by atoms with Crippen molar-refractivity contribution in [3.63, 3.8) is 0 Å². The van der Waals surface area contributed by atoms with E-state index in [0.29, 0.717) is 0 Å². The van der Waals surface area contributed by atoms with Crippen LogP contribution in [0.25, 0.3) is 0 Å². The lowest BCUT2D eigenvalue weighted by Crippen LogP contribution is -2.49. The van der Waals surface area contributed by atoms with E-state index in [0.717, 1.165) is 5.56 Å². The van der Waals surface area contributed by atoms with Gasteiger partial charge in [0, 0.05) is 6.42 Å². The van der Waals surface area contributed by atoms with Crippen LogP contribution in [0.5, 0.6) is 0 Å². The smallest absolute Gasteiger partial charge is 0.408 e. The van der Waals surface area contributed by atoms with Gasteiger partial charge in [0.25, 0.3) is 0 Å². The molecule has 0 saturated heterocycles. The molecule has 0 radical (unpaired) electrons. The number of carbonyl (C=O) groups excluding carboxylic acids is 3. The minimum Gasteiger partial charge on any atom is -0.458 e. The van der Waals surface area contributed by atoms with Gasteiger partial charge in [-0.1, -0.05) is 36.9 Å². The van der Waals surface area contributed by atoms with Gasteiger partial charge in [0.2, 0.25) is 5.91 Å². The van der Waals surface area contributed by atoms with Crippen LogP contribution in [0.1, 0.15) is 40.2 Å². The van der Waals surface area contributed by atoms with Crippen LogP contribution in [0.3, 0.4) is 0 Å². The van der Waals surface area contributed by atoms with Gasteiger partial charge in [-0.3, -0.25) is 4.79 Å². The summed E-state index contributed by atoms with van der Waals surface area (Å²) in [6.07, 6.45) is -0.849. The van der Waals surface area contributed by atoms with Gasteiger partial charge >= 0.3 is 12.1 Å². The maximum atomic E-state index is 12.6. The van der Waals surface area contributed by atoms with Gasteiger partial charge in [-0.2, -0.15) is 0 Å². The predicted octanol–water partition coefficient (Wildman–Crippen LogP) is 2.70. The van der Waals surface area contributed by atoms with Crippen LogP contribution in [0.15, 0.2) is 42.6 Å². The van der Waals surface area contributed by atoms with Gasteiger partial charge < -0.3 is 20.1 Å². The third-order valence-electron chi connectivity index (χ3n) is 3.15. The molecule has 0 bridgehead atoms. The number of hydrogen-bond donors (Lipinski definition) is 2. The molecule has 0 aliphatic rings. The van der Waals surface area contributed by atoms with Gasteiger partial charge in [0.05, 0.1) is 6.10 Å². The molecule has 0 heterocycles. The number of nitrogens with one attached hydrogen (secondary N) is 2. The lowest BCUT2D eigenvalue weighted by molar-refractivity contribution is -0.144. The summed E-state index contributed by atoms with van der Waals surface area (Å²) in [4.78, 5) is 36.5. The topological polar surface area (TPSA) is 93.7 Å². The second-order valence-corrected chi connectivity index (χ2v) is 7.31. The molecule has 7 nitrogen and oxygen atoms in total. The van der Waals surface area contributed by atoms with Crippen LogP contribution in [0, 0.1) is 0 Å². The molecule has 0 unspecified atom stereocenters. The zero-order valence-electron chi connectivity index (χ0n) is 16.5. The highest BCUT2D eigenvalue weighted by atomic mass is 16.6. The second-order valence-electron chi connectivity index (χ2n) is 7.31. The molecule has 27 heavy (non-hydrogen) atoms. The molecule has 0 saturated carbocycles. The number of amides is 2. The normalized spacial score (nSPS) is 12.1. The molecule has 2 N–H and O–H groups in total. The highest BCUT2D eigenvalue weighted by Gasteiger charge is 2.26. The molecule has 1 aromatic rings. The number of ether oxygens (including phenoxy) is 2. The van der Waals surface area contributed by atoms with E-state index in [1.165, 1.54) is 0 Å². The summed E-state index contributed by atoms with van der Waals surface area (Å²) in [6, 6.07) is 8.22. The SMILES string of the molecule is C=C(NC(=O)[C@H](Cc1ccccc1)NC(=O)OC(C)(C)C)C(=O)OC(C)C. The second kappa shape index (κ2) is 9.75. The predicted molar refractivity (Wildman–Crippen MR) is 102 cm³/mol. The fourth-order valence-corrected chi connectivity index (χ4v) is 2.08. The summed E-state index contributed by atoms with van der Waals surface area (Å²) in [7, 11) is 0. The summed E-state index contributed by atoms with van der Waals surface area (Å²) in [6.45, 7) is 12.1. The molecule has 0 aliphatic heterocycles. The Morgan fingerprint density at radius 2 is 1.70 bits per heavy atom. The van der Waals surface area contributed by atoms with Crippen molar-refractivity contribution in [1.82, 2.24) is 10.6 Å². The van der Waals surface area contributed by atoms with Crippen molar-refractivity contribution in [2.75, 3.05) is 0 Å². The number of carbonyl (C=O) groups is 3. The van der Waals surface area contributed by atoms with Crippen molar-refractivity contribution in [1.29, 1.82) is 0 Å². The monoisotopic (exact) mass is 376 g/mol. The number of hydrogen-bond acceptors (Lipinski definition) is 5. The lowest BCUT2D eigenvalue weighted by atomic mass is 10.1. The van der Waals surface area contributed by atoms with E-state index in [1.54, 1.807) is 34.6 Å². The Kier molecular flexibility index (Phi) is 8.02. The molecule has 148 valence electrons. The zero-order valence-corrected chi connectivity index (χ0v) is 16.5. The fraction of sp³-hybridized carbons (Fsp3) is 0.450. The highest BCUT2D eigenvalue weighted by molar-refractivity contribution is 5.96. The first-order chi connectivity index (χ1) is 12.5. The van der Waals surface area contributed by atoms with E-state index in [1.807, 2.05) is 30.3 Å². The Bertz CT molecular complexity index is 677. The molecular weight excluding hydrogens is 348 g/mol. The first-order valence-electron chi connectivity index (χ1n) is 8.72. The van der Waals surface area contributed by atoms with Crippen molar-refractivity contribution in [3.05, 3.63) is 48.2 Å². The molecule has 1 aromatic carbocycles. The van der Waals surface area contributed by atoms with Crippen LogP contribution >= 0.6 is 0 Å². The molecule has 0 aliphatic carbocycles.